The summed E-state index contributed by atoms with van der Waals surface area (Å²) in [5.41, 5.74) is 2.69. The maximum atomic E-state index is 12.4. The first-order valence-corrected chi connectivity index (χ1v) is 10.7. The minimum absolute atomic E-state index is 0. The van der Waals surface area contributed by atoms with Crippen LogP contribution in [-0.4, -0.2) is 59.3 Å². The second-order valence-corrected chi connectivity index (χ2v) is 7.44. The molecule has 0 unspecified atom stereocenters. The molecule has 0 saturated carbocycles. The maximum absolute atomic E-state index is 12.4. The summed E-state index contributed by atoms with van der Waals surface area (Å²) in [6, 6.07) is 5.47. The van der Waals surface area contributed by atoms with Crippen LogP contribution in [0.25, 0.3) is 11.3 Å². The molecule has 1 atom stereocenters. The quantitative estimate of drug-likeness (QED) is 0.497. The van der Waals surface area contributed by atoms with Gasteiger partial charge in [0.25, 0.3) is 11.8 Å². The van der Waals surface area contributed by atoms with Crippen molar-refractivity contribution in [1.29, 1.82) is 0 Å². The zero-order valence-corrected chi connectivity index (χ0v) is 20.3. The summed E-state index contributed by atoms with van der Waals surface area (Å²) in [6.45, 7) is 6.07. The molecule has 0 aliphatic carbocycles. The smallest absolute Gasteiger partial charge is 0.257 e. The Bertz CT molecular complexity index is 1150. The Morgan fingerprint density at radius 3 is 2.79 bits per heavy atom. The van der Waals surface area contributed by atoms with Crippen LogP contribution in [-0.2, 0) is 0 Å². The number of rotatable bonds is 8. The number of pyridine rings is 2. The Morgan fingerprint density at radius 1 is 1.18 bits per heavy atom. The van der Waals surface area contributed by atoms with E-state index in [0.29, 0.717) is 60.6 Å². The van der Waals surface area contributed by atoms with E-state index in [0.717, 1.165) is 5.56 Å². The highest BCUT2D eigenvalue weighted by molar-refractivity contribution is 7.59. The van der Waals surface area contributed by atoms with Gasteiger partial charge in [0.05, 0.1) is 12.8 Å². The number of aromatic nitrogens is 4. The summed E-state index contributed by atoms with van der Waals surface area (Å²) in [4.78, 5) is 29.6. The average Bonchev–Trinajstić information content (AvgIpc) is 2.86. The fourth-order valence-electron chi connectivity index (χ4n) is 3.51. The molecule has 0 aromatic carbocycles. The average molecular weight is 485 g/mol. The van der Waals surface area contributed by atoms with E-state index in [-0.39, 0.29) is 31.2 Å². The molecule has 0 spiro atoms. The molecule has 0 saturated heterocycles. The Hall–Kier alpha value is -3.60. The standard InChI is InChI=1S/C23H26N6O4.H2S/c1-4-24-21(30)17-9-15(12-27-22(17)31-3)18-10-19(29-13-28-18)26-11-14(2)16-5-6-25-23-20(16)32-7-8-33-23;/h5-6,9-10,12-14H,4,7-8,11H2,1-3H3,(H,24,30)(H,26,28,29);1H2/t14-;/m1./s1. The third-order valence-corrected chi connectivity index (χ3v) is 5.18. The largest absolute Gasteiger partial charge is 0.484 e. The number of hydrogen-bond donors (Lipinski definition) is 2. The fourth-order valence-corrected chi connectivity index (χ4v) is 3.51. The van der Waals surface area contributed by atoms with Gasteiger partial charge in [-0.25, -0.2) is 19.9 Å². The molecule has 2 N–H and O–H groups in total. The molecule has 4 rings (SSSR count). The van der Waals surface area contributed by atoms with E-state index in [1.165, 1.54) is 13.4 Å². The van der Waals surface area contributed by atoms with Gasteiger partial charge in [-0.1, -0.05) is 6.92 Å². The number of hydrogen-bond acceptors (Lipinski definition) is 9. The van der Waals surface area contributed by atoms with Crippen LogP contribution in [0, 0.1) is 0 Å². The maximum Gasteiger partial charge on any atom is 0.257 e. The Labute approximate surface area is 204 Å². The van der Waals surface area contributed by atoms with E-state index < -0.39 is 0 Å². The highest BCUT2D eigenvalue weighted by atomic mass is 32.1. The van der Waals surface area contributed by atoms with Crippen molar-refractivity contribution in [3.63, 3.8) is 0 Å². The van der Waals surface area contributed by atoms with Crippen molar-refractivity contribution < 1.29 is 19.0 Å². The minimum Gasteiger partial charge on any atom is -0.484 e. The summed E-state index contributed by atoms with van der Waals surface area (Å²) in [5, 5.41) is 6.12. The third-order valence-electron chi connectivity index (χ3n) is 5.18. The van der Waals surface area contributed by atoms with Crippen LogP contribution in [0.1, 0.15) is 35.7 Å². The summed E-state index contributed by atoms with van der Waals surface area (Å²) in [7, 11) is 1.48. The van der Waals surface area contributed by atoms with Crippen molar-refractivity contribution in [2.24, 2.45) is 0 Å². The number of methoxy groups -OCH3 is 1. The molecular formula is C23H28N6O4S. The van der Waals surface area contributed by atoms with Crippen molar-refractivity contribution in [3.05, 3.63) is 48.0 Å². The van der Waals surface area contributed by atoms with Gasteiger partial charge in [0, 0.05) is 48.6 Å². The first kappa shape index (κ1) is 25.0. The second-order valence-electron chi connectivity index (χ2n) is 7.44. The summed E-state index contributed by atoms with van der Waals surface area (Å²) in [6.07, 6.45) is 4.82. The number of carbonyl (C=O) groups excluding carboxylic acids is 1. The van der Waals surface area contributed by atoms with Gasteiger partial charge in [-0.2, -0.15) is 13.5 Å². The molecule has 3 aromatic rings. The van der Waals surface area contributed by atoms with Crippen molar-refractivity contribution in [2.75, 3.05) is 38.7 Å². The molecule has 11 heteroatoms. The lowest BCUT2D eigenvalue weighted by molar-refractivity contribution is 0.0952. The molecular weight excluding hydrogens is 456 g/mol. The van der Waals surface area contributed by atoms with Crippen molar-refractivity contribution in [1.82, 2.24) is 25.3 Å². The van der Waals surface area contributed by atoms with E-state index in [1.54, 1.807) is 18.5 Å². The Morgan fingerprint density at radius 2 is 2.00 bits per heavy atom. The highest BCUT2D eigenvalue weighted by Crippen LogP contribution is 2.35. The van der Waals surface area contributed by atoms with Crippen molar-refractivity contribution in [2.45, 2.75) is 19.8 Å². The van der Waals surface area contributed by atoms with Gasteiger partial charge in [-0.15, -0.1) is 0 Å². The fraction of sp³-hybridized carbons (Fsp3) is 0.348. The molecule has 0 radical (unpaired) electrons. The van der Waals surface area contributed by atoms with Gasteiger partial charge in [0.2, 0.25) is 5.88 Å². The lowest BCUT2D eigenvalue weighted by Gasteiger charge is -2.22. The summed E-state index contributed by atoms with van der Waals surface area (Å²) < 4.78 is 16.6. The van der Waals surface area contributed by atoms with E-state index in [9.17, 15) is 4.79 Å². The summed E-state index contributed by atoms with van der Waals surface area (Å²) in [5.74, 6) is 2.01. The minimum atomic E-state index is -0.253. The third kappa shape index (κ3) is 5.48. The monoisotopic (exact) mass is 484 g/mol. The predicted molar refractivity (Wildman–Crippen MR) is 132 cm³/mol. The number of amides is 1. The molecule has 1 aliphatic heterocycles. The van der Waals surface area contributed by atoms with Crippen molar-refractivity contribution in [3.8, 4) is 28.8 Å². The number of anilines is 1. The molecule has 34 heavy (non-hydrogen) atoms. The van der Waals surface area contributed by atoms with Crippen LogP contribution in [0.5, 0.6) is 17.5 Å². The van der Waals surface area contributed by atoms with E-state index in [2.05, 4.69) is 37.5 Å². The van der Waals surface area contributed by atoms with Gasteiger partial charge in [-0.3, -0.25) is 4.79 Å². The lowest BCUT2D eigenvalue weighted by Crippen LogP contribution is -2.23. The SMILES string of the molecule is CCNC(=O)c1cc(-c2cc(NC[C@@H](C)c3ccnc4c3OCCO4)ncn2)cnc1OC.S. The molecule has 10 nitrogen and oxygen atoms in total. The number of nitrogens with one attached hydrogen (secondary N) is 2. The molecule has 0 fully saturated rings. The van der Waals surface area contributed by atoms with Crippen LogP contribution >= 0.6 is 13.5 Å². The predicted octanol–water partition coefficient (Wildman–Crippen LogP) is 2.79. The van der Waals surface area contributed by atoms with Gasteiger partial charge in [0.15, 0.2) is 5.75 Å². The molecule has 1 aliphatic rings. The van der Waals surface area contributed by atoms with Crippen LogP contribution in [0.15, 0.2) is 36.9 Å². The van der Waals surface area contributed by atoms with E-state index in [4.69, 9.17) is 14.2 Å². The zero-order chi connectivity index (χ0) is 23.2. The normalized spacial score (nSPS) is 12.8. The first-order chi connectivity index (χ1) is 16.1. The van der Waals surface area contributed by atoms with E-state index >= 15 is 0 Å². The molecule has 0 bridgehead atoms. The number of nitrogens with zero attached hydrogens (tertiary/aromatic N) is 4. The van der Waals surface area contributed by atoms with Gasteiger partial charge in [-0.05, 0) is 19.1 Å². The molecule has 180 valence electrons. The second kappa shape index (κ2) is 11.5. The number of fused-ring (bicyclic) bond motifs is 1. The van der Waals surface area contributed by atoms with Crippen LogP contribution in [0.3, 0.4) is 0 Å². The van der Waals surface area contributed by atoms with Crippen LogP contribution < -0.4 is 24.8 Å². The Kier molecular flexibility index (Phi) is 8.47. The Balaban J connectivity index is 0.00000324. The highest BCUT2D eigenvalue weighted by Gasteiger charge is 2.21. The number of ether oxygens (including phenoxy) is 3. The lowest BCUT2D eigenvalue weighted by atomic mass is 10.0. The van der Waals surface area contributed by atoms with Crippen LogP contribution in [0.4, 0.5) is 5.82 Å². The zero-order valence-electron chi connectivity index (χ0n) is 19.3. The topological polar surface area (TPSA) is 120 Å². The first-order valence-electron chi connectivity index (χ1n) is 10.7. The summed E-state index contributed by atoms with van der Waals surface area (Å²) >= 11 is 0. The number of carbonyl (C=O) groups is 1. The van der Waals surface area contributed by atoms with Crippen LogP contribution in [0.2, 0.25) is 0 Å². The van der Waals surface area contributed by atoms with Gasteiger partial charge < -0.3 is 24.8 Å². The van der Waals surface area contributed by atoms with E-state index in [1.807, 2.05) is 19.1 Å². The molecule has 3 aromatic heterocycles. The molecule has 4 heterocycles. The van der Waals surface area contributed by atoms with Crippen molar-refractivity contribution >= 4 is 25.2 Å². The van der Waals surface area contributed by atoms with Gasteiger partial charge in [0.1, 0.15) is 30.9 Å². The van der Waals surface area contributed by atoms with Gasteiger partial charge >= 0.3 is 0 Å². The molecule has 1 amide bonds.